The van der Waals surface area contributed by atoms with E-state index in [9.17, 15) is 0 Å². The monoisotopic (exact) mass is 306 g/mol. The van der Waals surface area contributed by atoms with Gasteiger partial charge in [-0.05, 0) is 49.5 Å². The Bertz CT molecular complexity index is 474. The number of hydrazine groups is 1. The number of nitrogens with one attached hydrogen (secondary N) is 1. The highest BCUT2D eigenvalue weighted by Crippen LogP contribution is 2.46. The summed E-state index contributed by atoms with van der Waals surface area (Å²) in [5.74, 6) is 6.51. The lowest BCUT2D eigenvalue weighted by Gasteiger charge is -2.41. The van der Waals surface area contributed by atoms with E-state index in [2.05, 4.69) is 35.9 Å². The molecule has 21 heavy (non-hydrogen) atoms. The van der Waals surface area contributed by atoms with Gasteiger partial charge in [0, 0.05) is 11.5 Å². The van der Waals surface area contributed by atoms with Gasteiger partial charge in [0.25, 0.3) is 0 Å². The quantitative estimate of drug-likeness (QED) is 0.506. The normalized spacial score (nSPS) is 26.1. The number of benzene rings is 1. The lowest BCUT2D eigenvalue weighted by Crippen LogP contribution is -2.43. The topological polar surface area (TPSA) is 47.3 Å². The average molecular weight is 306 g/mol. The first-order chi connectivity index (χ1) is 10.3. The maximum Gasteiger partial charge on any atom is 0.0686 e. The van der Waals surface area contributed by atoms with Crippen LogP contribution in [0.5, 0.6) is 0 Å². The summed E-state index contributed by atoms with van der Waals surface area (Å²) < 4.78 is 6.17. The number of nitrogens with two attached hydrogens (primary N) is 1. The van der Waals surface area contributed by atoms with Gasteiger partial charge in [0.05, 0.1) is 11.6 Å². The van der Waals surface area contributed by atoms with E-state index in [-0.39, 0.29) is 11.6 Å². The van der Waals surface area contributed by atoms with E-state index in [0.717, 1.165) is 19.4 Å². The van der Waals surface area contributed by atoms with Crippen LogP contribution in [0.25, 0.3) is 0 Å². The summed E-state index contributed by atoms with van der Waals surface area (Å²) >= 11 is 1.80. The van der Waals surface area contributed by atoms with Gasteiger partial charge in [-0.3, -0.25) is 11.3 Å². The van der Waals surface area contributed by atoms with Crippen LogP contribution in [0.4, 0.5) is 0 Å². The zero-order valence-corrected chi connectivity index (χ0v) is 13.6. The summed E-state index contributed by atoms with van der Waals surface area (Å²) in [6.07, 6.45) is 9.46. The van der Waals surface area contributed by atoms with Crippen LogP contribution in [0.2, 0.25) is 0 Å². The van der Waals surface area contributed by atoms with Gasteiger partial charge in [-0.1, -0.05) is 31.0 Å². The van der Waals surface area contributed by atoms with Crippen LogP contribution in [-0.4, -0.2) is 18.5 Å². The van der Waals surface area contributed by atoms with Gasteiger partial charge < -0.3 is 4.74 Å². The Morgan fingerprint density at radius 1 is 1.33 bits per heavy atom. The Labute approximate surface area is 132 Å². The fraction of sp³-hybridized carbons (Fsp3) is 0.647. The minimum Gasteiger partial charge on any atom is -0.375 e. The van der Waals surface area contributed by atoms with Crippen molar-refractivity contribution >= 4 is 11.8 Å². The fourth-order valence-electron chi connectivity index (χ4n) is 4.12. The Kier molecular flexibility index (Phi) is 4.89. The molecule has 3 rings (SSSR count). The lowest BCUT2D eigenvalue weighted by atomic mass is 9.79. The molecule has 2 unspecified atom stereocenters. The summed E-state index contributed by atoms with van der Waals surface area (Å²) in [5.41, 5.74) is 4.59. The van der Waals surface area contributed by atoms with Crippen LogP contribution in [0.15, 0.2) is 29.2 Å². The average Bonchev–Trinajstić information content (AvgIpc) is 2.96. The molecule has 116 valence electrons. The smallest absolute Gasteiger partial charge is 0.0686 e. The summed E-state index contributed by atoms with van der Waals surface area (Å²) in [6, 6.07) is 8.85. The van der Waals surface area contributed by atoms with Crippen LogP contribution in [-0.2, 0) is 4.74 Å². The van der Waals surface area contributed by atoms with Crippen molar-refractivity contribution in [2.75, 3.05) is 12.9 Å². The largest absolute Gasteiger partial charge is 0.375 e. The predicted molar refractivity (Wildman–Crippen MR) is 88.2 cm³/mol. The van der Waals surface area contributed by atoms with Crippen LogP contribution in [0, 0.1) is 5.92 Å². The third-order valence-electron chi connectivity index (χ3n) is 5.17. The Morgan fingerprint density at radius 3 is 2.81 bits per heavy atom. The standard InChI is InChI=1S/C17H26N2OS/c1-21-15-7-3-2-6-14(15)16(19-18)13-8-11-20-17(12-13)9-4-5-10-17/h2-3,6-7,13,16,19H,4-5,8-12,18H2,1H3. The second-order valence-corrected chi connectivity index (χ2v) is 7.23. The molecule has 3 N–H and O–H groups in total. The van der Waals surface area contributed by atoms with Gasteiger partial charge in [0.1, 0.15) is 0 Å². The van der Waals surface area contributed by atoms with E-state index in [1.165, 1.54) is 36.1 Å². The van der Waals surface area contributed by atoms with Crippen molar-refractivity contribution in [2.24, 2.45) is 11.8 Å². The van der Waals surface area contributed by atoms with Crippen molar-refractivity contribution in [3.8, 4) is 0 Å². The molecule has 4 heteroatoms. The minimum atomic E-state index is 0.145. The molecule has 1 saturated heterocycles. The molecule has 0 radical (unpaired) electrons. The molecule has 1 spiro atoms. The molecule has 0 bridgehead atoms. The van der Waals surface area contributed by atoms with Crippen molar-refractivity contribution in [3.63, 3.8) is 0 Å². The Hall–Kier alpha value is -0.550. The molecule has 1 aliphatic carbocycles. The van der Waals surface area contributed by atoms with Gasteiger partial charge in [-0.2, -0.15) is 0 Å². The van der Waals surface area contributed by atoms with E-state index >= 15 is 0 Å². The van der Waals surface area contributed by atoms with Crippen LogP contribution < -0.4 is 11.3 Å². The molecule has 1 saturated carbocycles. The minimum absolute atomic E-state index is 0.145. The van der Waals surface area contributed by atoms with Crippen LogP contribution in [0.1, 0.15) is 50.1 Å². The number of ether oxygens (including phenoxy) is 1. The number of hydrogen-bond acceptors (Lipinski definition) is 4. The lowest BCUT2D eigenvalue weighted by molar-refractivity contribution is -0.0983. The van der Waals surface area contributed by atoms with Crippen LogP contribution in [0.3, 0.4) is 0 Å². The molecule has 0 amide bonds. The maximum absolute atomic E-state index is 6.17. The van der Waals surface area contributed by atoms with Gasteiger partial charge >= 0.3 is 0 Å². The first-order valence-corrected chi connectivity index (χ1v) is 9.23. The molecule has 1 aromatic rings. The van der Waals surface area contributed by atoms with Crippen molar-refractivity contribution in [3.05, 3.63) is 29.8 Å². The molecule has 1 aliphatic heterocycles. The fourth-order valence-corrected chi connectivity index (χ4v) is 4.77. The van der Waals surface area contributed by atoms with Gasteiger partial charge in [-0.15, -0.1) is 11.8 Å². The molecule has 1 aromatic carbocycles. The van der Waals surface area contributed by atoms with E-state index < -0.39 is 0 Å². The number of hydrogen-bond donors (Lipinski definition) is 2. The van der Waals surface area contributed by atoms with Crippen molar-refractivity contribution in [2.45, 2.75) is 55.1 Å². The summed E-state index contributed by atoms with van der Waals surface area (Å²) in [4.78, 5) is 1.33. The van der Waals surface area contributed by atoms with Gasteiger partial charge in [-0.25, -0.2) is 0 Å². The van der Waals surface area contributed by atoms with Crippen molar-refractivity contribution in [1.29, 1.82) is 0 Å². The van der Waals surface area contributed by atoms with E-state index in [0.29, 0.717) is 5.92 Å². The highest BCUT2D eigenvalue weighted by atomic mass is 32.2. The second kappa shape index (κ2) is 6.69. The second-order valence-electron chi connectivity index (χ2n) is 6.38. The van der Waals surface area contributed by atoms with Crippen molar-refractivity contribution < 1.29 is 4.74 Å². The summed E-state index contributed by atoms with van der Waals surface area (Å²) in [7, 11) is 0. The number of thioether (sulfide) groups is 1. The third kappa shape index (κ3) is 3.14. The first kappa shape index (κ1) is 15.3. The van der Waals surface area contributed by atoms with Gasteiger partial charge in [0.2, 0.25) is 0 Å². The third-order valence-corrected chi connectivity index (χ3v) is 5.98. The van der Waals surface area contributed by atoms with E-state index in [4.69, 9.17) is 10.6 Å². The highest BCUT2D eigenvalue weighted by Gasteiger charge is 2.42. The summed E-state index contributed by atoms with van der Waals surface area (Å²) in [5, 5.41) is 0. The van der Waals surface area contributed by atoms with Crippen molar-refractivity contribution in [1.82, 2.24) is 5.43 Å². The molecule has 2 atom stereocenters. The molecule has 1 heterocycles. The predicted octanol–water partition coefficient (Wildman–Crippen LogP) is 3.65. The molecule has 0 aromatic heterocycles. The van der Waals surface area contributed by atoms with Gasteiger partial charge in [0.15, 0.2) is 0 Å². The zero-order chi connectivity index (χ0) is 14.7. The zero-order valence-electron chi connectivity index (χ0n) is 12.8. The molecular formula is C17H26N2OS. The highest BCUT2D eigenvalue weighted by molar-refractivity contribution is 7.98. The van der Waals surface area contributed by atoms with E-state index in [1.807, 2.05) is 0 Å². The molecule has 2 fully saturated rings. The van der Waals surface area contributed by atoms with E-state index in [1.54, 1.807) is 11.8 Å². The SMILES string of the molecule is CSc1ccccc1C(NN)C1CCOC2(CCCC2)C1. The molecule has 2 aliphatic rings. The van der Waals surface area contributed by atoms with Crippen LogP contribution >= 0.6 is 11.8 Å². The number of rotatable bonds is 4. The Balaban J connectivity index is 1.82. The molecular weight excluding hydrogens is 280 g/mol. The first-order valence-electron chi connectivity index (χ1n) is 8.01. The summed E-state index contributed by atoms with van der Waals surface area (Å²) in [6.45, 7) is 0.879. The Morgan fingerprint density at radius 2 is 2.10 bits per heavy atom. The maximum atomic E-state index is 6.17. The molecule has 3 nitrogen and oxygen atoms in total.